The van der Waals surface area contributed by atoms with Crippen LogP contribution >= 0.6 is 0 Å². The van der Waals surface area contributed by atoms with Crippen molar-refractivity contribution >= 4 is 0 Å². The molecule has 3 heterocycles. The molecule has 33 heavy (non-hydrogen) atoms. The number of rotatable bonds is 3. The number of halogens is 2. The van der Waals surface area contributed by atoms with Gasteiger partial charge in [-0.3, -0.25) is 14.7 Å². The Morgan fingerprint density at radius 1 is 0.848 bits per heavy atom. The lowest BCUT2D eigenvalue weighted by molar-refractivity contribution is 0.132. The summed E-state index contributed by atoms with van der Waals surface area (Å²) in [6.45, 7) is 17.7. The minimum absolute atomic E-state index is 0.0487. The number of β-amino-alcohol motifs (C(OH)–C–C–N with tert-alkyl or cyclic N) is 1. The maximum absolute atomic E-state index is 12.8. The minimum Gasteiger partial charge on any atom is -0.388 e. The topological polar surface area (TPSA) is 30.0 Å². The van der Waals surface area contributed by atoms with Crippen LogP contribution in [0.3, 0.4) is 0 Å². The van der Waals surface area contributed by atoms with Gasteiger partial charge in [-0.05, 0) is 60.5 Å². The quantitative estimate of drug-likeness (QED) is 0.583. The van der Waals surface area contributed by atoms with Gasteiger partial charge in [0, 0.05) is 50.8 Å². The lowest BCUT2D eigenvalue weighted by Crippen LogP contribution is -2.36. The molecule has 0 aromatic carbocycles. The minimum atomic E-state index is -0.723. The van der Waals surface area contributed by atoms with Crippen LogP contribution in [0.5, 0.6) is 0 Å². The maximum Gasteiger partial charge on any atom is 0.120 e. The fourth-order valence-corrected chi connectivity index (χ4v) is 3.72. The predicted octanol–water partition coefficient (Wildman–Crippen LogP) is 5.13. The van der Waals surface area contributed by atoms with Gasteiger partial charge in [0.2, 0.25) is 0 Å². The Morgan fingerprint density at radius 2 is 1.48 bits per heavy atom. The fourth-order valence-electron chi connectivity index (χ4n) is 3.72. The SMILES string of the molecule is CC(C)N1CC=CC(F)CC1.CC(C)N1CC=CC=C(F)C1.CC(C)N1CCC=CC(O)C1. The van der Waals surface area contributed by atoms with E-state index in [1.165, 1.54) is 6.08 Å². The van der Waals surface area contributed by atoms with Gasteiger partial charge in [0.1, 0.15) is 12.0 Å². The van der Waals surface area contributed by atoms with Gasteiger partial charge in [-0.25, -0.2) is 8.78 Å². The van der Waals surface area contributed by atoms with Crippen LogP contribution in [-0.2, 0) is 0 Å². The van der Waals surface area contributed by atoms with Crippen LogP contribution < -0.4 is 0 Å². The summed E-state index contributed by atoms with van der Waals surface area (Å²) in [5.41, 5.74) is 0. The van der Waals surface area contributed by atoms with Gasteiger partial charge in [-0.15, -0.1) is 0 Å². The fraction of sp³-hybridized carbons (Fsp3) is 0.704. The Labute approximate surface area is 201 Å². The second kappa shape index (κ2) is 16.3. The zero-order valence-corrected chi connectivity index (χ0v) is 21.6. The highest BCUT2D eigenvalue weighted by Gasteiger charge is 2.15. The molecule has 190 valence electrons. The van der Waals surface area contributed by atoms with Crippen molar-refractivity contribution in [2.24, 2.45) is 0 Å². The van der Waals surface area contributed by atoms with Crippen LogP contribution in [0, 0.1) is 0 Å². The zero-order chi connectivity index (χ0) is 24.8. The molecule has 0 aliphatic carbocycles. The van der Waals surface area contributed by atoms with Crippen LogP contribution in [-0.4, -0.2) is 89.5 Å². The molecule has 0 bridgehead atoms. The molecular formula is C27H47F2N3O. The molecule has 0 aromatic heterocycles. The third kappa shape index (κ3) is 13.2. The van der Waals surface area contributed by atoms with Crippen LogP contribution in [0.15, 0.2) is 48.4 Å². The summed E-state index contributed by atoms with van der Waals surface area (Å²) in [7, 11) is 0. The second-order valence-corrected chi connectivity index (χ2v) is 9.76. The summed E-state index contributed by atoms with van der Waals surface area (Å²) in [4.78, 5) is 6.65. The monoisotopic (exact) mass is 467 g/mol. The van der Waals surface area contributed by atoms with E-state index in [0.29, 0.717) is 31.1 Å². The smallest absolute Gasteiger partial charge is 0.120 e. The van der Waals surface area contributed by atoms with Crippen molar-refractivity contribution in [3.05, 3.63) is 48.4 Å². The predicted molar refractivity (Wildman–Crippen MR) is 137 cm³/mol. The molecule has 0 aromatic rings. The molecule has 2 atom stereocenters. The third-order valence-electron chi connectivity index (χ3n) is 6.04. The average Bonchev–Trinajstić information content (AvgIpc) is 3.20. The number of alkyl halides is 1. The van der Waals surface area contributed by atoms with Crippen molar-refractivity contribution in [1.29, 1.82) is 0 Å². The van der Waals surface area contributed by atoms with Gasteiger partial charge < -0.3 is 5.11 Å². The van der Waals surface area contributed by atoms with E-state index in [1.807, 2.05) is 18.2 Å². The molecule has 1 N–H and O–H groups in total. The number of allylic oxidation sites excluding steroid dienone is 3. The van der Waals surface area contributed by atoms with Gasteiger partial charge in [0.05, 0.1) is 12.6 Å². The Balaban J connectivity index is 0.000000247. The molecule has 2 unspecified atom stereocenters. The highest BCUT2D eigenvalue weighted by Crippen LogP contribution is 2.10. The van der Waals surface area contributed by atoms with Gasteiger partial charge in [0.15, 0.2) is 0 Å². The van der Waals surface area contributed by atoms with E-state index in [-0.39, 0.29) is 11.9 Å². The first-order valence-corrected chi connectivity index (χ1v) is 12.5. The summed E-state index contributed by atoms with van der Waals surface area (Å²) in [6.07, 6.45) is 13.6. The summed E-state index contributed by atoms with van der Waals surface area (Å²) in [5.74, 6) is -0.0487. The van der Waals surface area contributed by atoms with Gasteiger partial charge in [-0.1, -0.05) is 36.5 Å². The number of nitrogens with zero attached hydrogens (tertiary/aromatic N) is 3. The number of hydrogen-bond acceptors (Lipinski definition) is 4. The Kier molecular flexibility index (Phi) is 14.7. The van der Waals surface area contributed by atoms with E-state index in [4.69, 9.17) is 0 Å². The first-order valence-electron chi connectivity index (χ1n) is 12.5. The van der Waals surface area contributed by atoms with Gasteiger partial charge in [0.25, 0.3) is 0 Å². The lowest BCUT2D eigenvalue weighted by atomic mass is 10.2. The molecule has 3 aliphatic heterocycles. The van der Waals surface area contributed by atoms with Crippen LogP contribution in [0.4, 0.5) is 8.78 Å². The van der Waals surface area contributed by atoms with Crippen LogP contribution in [0.25, 0.3) is 0 Å². The van der Waals surface area contributed by atoms with E-state index in [9.17, 15) is 13.9 Å². The number of aliphatic hydroxyl groups excluding tert-OH is 1. The second-order valence-electron chi connectivity index (χ2n) is 9.76. The Hall–Kier alpha value is -1.34. The maximum atomic E-state index is 12.8. The van der Waals surface area contributed by atoms with E-state index >= 15 is 0 Å². The first-order chi connectivity index (χ1) is 15.6. The number of hydrogen-bond donors (Lipinski definition) is 1. The van der Waals surface area contributed by atoms with Crippen molar-refractivity contribution < 1.29 is 13.9 Å². The highest BCUT2D eigenvalue weighted by atomic mass is 19.1. The summed E-state index contributed by atoms with van der Waals surface area (Å²) in [5, 5.41) is 9.38. The van der Waals surface area contributed by atoms with Crippen LogP contribution in [0.2, 0.25) is 0 Å². The van der Waals surface area contributed by atoms with Gasteiger partial charge in [-0.2, -0.15) is 0 Å². The third-order valence-corrected chi connectivity index (χ3v) is 6.04. The molecule has 4 nitrogen and oxygen atoms in total. The van der Waals surface area contributed by atoms with E-state index in [0.717, 1.165) is 39.1 Å². The molecule has 3 rings (SSSR count). The summed E-state index contributed by atoms with van der Waals surface area (Å²) in [6, 6.07) is 1.49. The van der Waals surface area contributed by atoms with Crippen LogP contribution in [0.1, 0.15) is 54.4 Å². The molecule has 0 saturated carbocycles. The van der Waals surface area contributed by atoms with Crippen molar-refractivity contribution in [3.63, 3.8) is 0 Å². The van der Waals surface area contributed by atoms with E-state index in [2.05, 4.69) is 62.3 Å². The summed E-state index contributed by atoms with van der Waals surface area (Å²) >= 11 is 0. The van der Waals surface area contributed by atoms with E-state index < -0.39 is 6.17 Å². The van der Waals surface area contributed by atoms with Crippen molar-refractivity contribution in [2.45, 2.75) is 84.8 Å². The van der Waals surface area contributed by atoms with E-state index in [1.54, 1.807) is 12.2 Å². The molecular weight excluding hydrogens is 420 g/mol. The first kappa shape index (κ1) is 29.7. The lowest BCUT2D eigenvalue weighted by Gasteiger charge is -2.25. The Bertz CT molecular complexity index is 643. The standard InChI is InChI=1S/C9H16FN.C9H14FN.C9H17NO/c1-8(2)11-6-3-4-9(10)5-7-11;1-8(2)11-6-4-3-5-9(10)7-11;1-8(2)10-6-4-3-5-9(11)7-10/h3-4,8-9H,5-7H2,1-2H3;3-5,8H,6-7H2,1-2H3;3,5,8-9,11H,4,6-7H2,1-2H3. The van der Waals surface area contributed by atoms with Crippen molar-refractivity contribution in [1.82, 2.24) is 14.7 Å². The van der Waals surface area contributed by atoms with Crippen molar-refractivity contribution in [2.75, 3.05) is 39.3 Å². The largest absolute Gasteiger partial charge is 0.388 e. The molecule has 0 fully saturated rings. The molecule has 0 radical (unpaired) electrons. The Morgan fingerprint density at radius 3 is 2.12 bits per heavy atom. The molecule has 6 heteroatoms. The molecule has 0 saturated heterocycles. The highest BCUT2D eigenvalue weighted by molar-refractivity contribution is 5.12. The summed E-state index contributed by atoms with van der Waals surface area (Å²) < 4.78 is 25.6. The molecule has 0 amide bonds. The number of aliphatic hydroxyl groups is 1. The van der Waals surface area contributed by atoms with Gasteiger partial charge >= 0.3 is 0 Å². The average molecular weight is 468 g/mol. The zero-order valence-electron chi connectivity index (χ0n) is 21.6. The molecule has 0 spiro atoms. The molecule has 3 aliphatic rings. The van der Waals surface area contributed by atoms with Crippen molar-refractivity contribution in [3.8, 4) is 0 Å². The normalized spacial score (nSPS) is 25.0.